The highest BCUT2D eigenvalue weighted by molar-refractivity contribution is 5.44. The molecule has 1 aliphatic carbocycles. The van der Waals surface area contributed by atoms with Crippen molar-refractivity contribution < 1.29 is 9.47 Å². The first-order valence-electron chi connectivity index (χ1n) is 8.24. The Morgan fingerprint density at radius 2 is 1.81 bits per heavy atom. The summed E-state index contributed by atoms with van der Waals surface area (Å²) in [6.07, 6.45) is 3.69. The lowest BCUT2D eigenvalue weighted by atomic mass is 9.92. The Balaban J connectivity index is 1.65. The van der Waals surface area contributed by atoms with Gasteiger partial charge in [-0.05, 0) is 48.8 Å². The van der Waals surface area contributed by atoms with E-state index in [0.717, 1.165) is 43.6 Å². The minimum atomic E-state index is 0.346. The van der Waals surface area contributed by atoms with Gasteiger partial charge in [-0.15, -0.1) is 0 Å². The third-order valence-corrected chi connectivity index (χ3v) is 5.15. The highest BCUT2D eigenvalue weighted by atomic mass is 16.5. The Morgan fingerprint density at radius 1 is 1.10 bits per heavy atom. The molecule has 1 fully saturated rings. The van der Waals surface area contributed by atoms with Crippen molar-refractivity contribution in [2.75, 3.05) is 19.8 Å². The summed E-state index contributed by atoms with van der Waals surface area (Å²) < 4.78 is 11.5. The Labute approximate surface area is 128 Å². The zero-order valence-electron chi connectivity index (χ0n) is 13.4. The van der Waals surface area contributed by atoms with Crippen LogP contribution in [-0.4, -0.2) is 19.8 Å². The molecular weight excluding hydrogens is 262 g/mol. The fourth-order valence-electron chi connectivity index (χ4n) is 3.04. The second kappa shape index (κ2) is 5.88. The Kier molecular flexibility index (Phi) is 4.12. The lowest BCUT2D eigenvalue weighted by molar-refractivity contribution is 0.296. The third kappa shape index (κ3) is 3.18. The average molecular weight is 289 g/mol. The van der Waals surface area contributed by atoms with Gasteiger partial charge < -0.3 is 14.8 Å². The van der Waals surface area contributed by atoms with Gasteiger partial charge in [0.25, 0.3) is 0 Å². The molecule has 1 aromatic rings. The second-order valence-corrected chi connectivity index (χ2v) is 6.88. The van der Waals surface area contributed by atoms with Gasteiger partial charge in [0.1, 0.15) is 0 Å². The van der Waals surface area contributed by atoms with E-state index >= 15 is 0 Å². The topological polar surface area (TPSA) is 30.5 Å². The van der Waals surface area contributed by atoms with E-state index in [2.05, 4.69) is 38.2 Å². The number of rotatable bonds is 5. The van der Waals surface area contributed by atoms with Crippen LogP contribution in [0.4, 0.5) is 0 Å². The molecule has 0 radical (unpaired) electrons. The molecule has 2 aliphatic rings. The van der Waals surface area contributed by atoms with Crippen molar-refractivity contribution in [1.82, 2.24) is 5.32 Å². The predicted molar refractivity (Wildman–Crippen MR) is 85.0 cm³/mol. The van der Waals surface area contributed by atoms with Crippen LogP contribution in [0.25, 0.3) is 0 Å². The van der Waals surface area contributed by atoms with E-state index in [1.54, 1.807) is 0 Å². The van der Waals surface area contributed by atoms with Gasteiger partial charge in [-0.25, -0.2) is 0 Å². The van der Waals surface area contributed by atoms with E-state index in [9.17, 15) is 0 Å². The van der Waals surface area contributed by atoms with Gasteiger partial charge in [-0.2, -0.15) is 0 Å². The van der Waals surface area contributed by atoms with Crippen LogP contribution < -0.4 is 14.8 Å². The van der Waals surface area contributed by atoms with Gasteiger partial charge in [-0.1, -0.05) is 19.9 Å². The van der Waals surface area contributed by atoms with E-state index in [4.69, 9.17) is 9.47 Å². The smallest absolute Gasteiger partial charge is 0.161 e. The summed E-state index contributed by atoms with van der Waals surface area (Å²) in [6, 6.07) is 6.68. The van der Waals surface area contributed by atoms with Crippen molar-refractivity contribution in [3.63, 3.8) is 0 Å². The Bertz CT molecular complexity index is 494. The summed E-state index contributed by atoms with van der Waals surface area (Å²) in [6.45, 7) is 9.52. The van der Waals surface area contributed by atoms with Gasteiger partial charge in [-0.3, -0.25) is 0 Å². The number of hydrogen-bond acceptors (Lipinski definition) is 3. The summed E-state index contributed by atoms with van der Waals surface area (Å²) in [5.41, 5.74) is 1.82. The van der Waals surface area contributed by atoms with Gasteiger partial charge in [0.05, 0.1) is 13.2 Å². The molecule has 0 aromatic heterocycles. The van der Waals surface area contributed by atoms with Crippen molar-refractivity contribution in [3.05, 3.63) is 23.8 Å². The molecule has 0 spiro atoms. The molecule has 1 heterocycles. The molecule has 0 saturated heterocycles. The van der Waals surface area contributed by atoms with Gasteiger partial charge in [0.15, 0.2) is 11.5 Å². The molecule has 1 N–H and O–H groups in total. The first-order valence-corrected chi connectivity index (χ1v) is 8.24. The fourth-order valence-corrected chi connectivity index (χ4v) is 3.04. The monoisotopic (exact) mass is 289 g/mol. The molecule has 1 aromatic carbocycles. The molecule has 0 amide bonds. The standard InChI is InChI=1S/C18H27NO2/c1-13(2)18(7-8-18)12-19-14(3)15-5-6-16-17(11-15)21-10-4-9-20-16/h5-6,11,13-14,19H,4,7-10,12H2,1-3H3. The average Bonchev–Trinajstić information content (AvgIpc) is 3.28. The van der Waals surface area contributed by atoms with Crippen molar-refractivity contribution in [3.8, 4) is 11.5 Å². The predicted octanol–water partition coefficient (Wildman–Crippen LogP) is 3.93. The molecule has 3 nitrogen and oxygen atoms in total. The van der Waals surface area contributed by atoms with Crippen LogP contribution in [0.2, 0.25) is 0 Å². The summed E-state index contributed by atoms with van der Waals surface area (Å²) >= 11 is 0. The summed E-state index contributed by atoms with van der Waals surface area (Å²) in [4.78, 5) is 0. The SMILES string of the molecule is CC(NCC1(C(C)C)CC1)c1ccc2c(c1)OCCCO2. The first kappa shape index (κ1) is 14.7. The fraction of sp³-hybridized carbons (Fsp3) is 0.667. The maximum Gasteiger partial charge on any atom is 0.161 e. The quantitative estimate of drug-likeness (QED) is 0.890. The highest BCUT2D eigenvalue weighted by Crippen LogP contribution is 2.51. The van der Waals surface area contributed by atoms with Crippen molar-refractivity contribution in [2.24, 2.45) is 11.3 Å². The molecule has 1 unspecified atom stereocenters. The van der Waals surface area contributed by atoms with Gasteiger partial charge in [0, 0.05) is 19.0 Å². The number of benzene rings is 1. The van der Waals surface area contributed by atoms with Crippen LogP contribution in [0.15, 0.2) is 18.2 Å². The van der Waals surface area contributed by atoms with E-state index in [0.29, 0.717) is 11.5 Å². The molecule has 1 aliphatic heterocycles. The van der Waals surface area contributed by atoms with Crippen LogP contribution in [0, 0.1) is 11.3 Å². The van der Waals surface area contributed by atoms with E-state index in [-0.39, 0.29) is 0 Å². The van der Waals surface area contributed by atoms with Crippen molar-refractivity contribution in [1.29, 1.82) is 0 Å². The van der Waals surface area contributed by atoms with Crippen LogP contribution in [0.5, 0.6) is 11.5 Å². The molecular formula is C18H27NO2. The summed E-state index contributed by atoms with van der Waals surface area (Å²) in [5.74, 6) is 2.54. The zero-order chi connectivity index (χ0) is 14.9. The number of nitrogens with one attached hydrogen (secondary N) is 1. The normalized spacial score (nSPS) is 21.0. The molecule has 1 atom stereocenters. The number of hydrogen-bond donors (Lipinski definition) is 1. The van der Waals surface area contributed by atoms with E-state index in [1.165, 1.54) is 18.4 Å². The maximum atomic E-state index is 5.78. The van der Waals surface area contributed by atoms with Crippen molar-refractivity contribution >= 4 is 0 Å². The van der Waals surface area contributed by atoms with Crippen molar-refractivity contribution in [2.45, 2.75) is 46.1 Å². The van der Waals surface area contributed by atoms with E-state index in [1.807, 2.05) is 6.07 Å². The third-order valence-electron chi connectivity index (χ3n) is 5.15. The number of fused-ring (bicyclic) bond motifs is 1. The molecule has 21 heavy (non-hydrogen) atoms. The largest absolute Gasteiger partial charge is 0.490 e. The van der Waals surface area contributed by atoms with E-state index < -0.39 is 0 Å². The van der Waals surface area contributed by atoms with Crippen LogP contribution in [-0.2, 0) is 0 Å². The highest BCUT2D eigenvalue weighted by Gasteiger charge is 2.44. The molecule has 1 saturated carbocycles. The Morgan fingerprint density at radius 3 is 2.48 bits per heavy atom. The number of ether oxygens (including phenoxy) is 2. The Hall–Kier alpha value is -1.22. The molecule has 3 rings (SSSR count). The lowest BCUT2D eigenvalue weighted by Gasteiger charge is -2.23. The van der Waals surface area contributed by atoms with Crippen LogP contribution in [0.3, 0.4) is 0 Å². The zero-order valence-corrected chi connectivity index (χ0v) is 13.4. The maximum absolute atomic E-state index is 5.78. The van der Waals surface area contributed by atoms with Crippen LogP contribution in [0.1, 0.15) is 51.6 Å². The van der Waals surface area contributed by atoms with Gasteiger partial charge in [0.2, 0.25) is 0 Å². The van der Waals surface area contributed by atoms with Crippen LogP contribution >= 0.6 is 0 Å². The minimum absolute atomic E-state index is 0.346. The minimum Gasteiger partial charge on any atom is -0.490 e. The van der Waals surface area contributed by atoms with Gasteiger partial charge >= 0.3 is 0 Å². The second-order valence-electron chi connectivity index (χ2n) is 6.88. The molecule has 0 bridgehead atoms. The molecule has 3 heteroatoms. The lowest BCUT2D eigenvalue weighted by Crippen LogP contribution is -2.29. The summed E-state index contributed by atoms with van der Waals surface area (Å²) in [7, 11) is 0. The molecule has 116 valence electrons. The summed E-state index contributed by atoms with van der Waals surface area (Å²) in [5, 5.41) is 3.71. The first-order chi connectivity index (χ1) is 10.1.